The van der Waals surface area contributed by atoms with Gasteiger partial charge in [0, 0.05) is 18.5 Å². The van der Waals surface area contributed by atoms with Crippen molar-refractivity contribution in [3.63, 3.8) is 0 Å². The van der Waals surface area contributed by atoms with Gasteiger partial charge in [0.05, 0.1) is 17.6 Å². The number of nitrogens with zero attached hydrogens (tertiary/aromatic N) is 3. The molecule has 2 aromatic rings. The molecule has 2 aromatic heterocycles. The van der Waals surface area contributed by atoms with E-state index in [-0.39, 0.29) is 5.97 Å². The number of thiophene rings is 1. The molecular formula is C13H16ClN3O2S. The number of fused-ring (bicyclic) bond motifs is 1. The topological polar surface area (TPSA) is 55.3 Å². The molecule has 0 N–H and O–H groups in total. The summed E-state index contributed by atoms with van der Waals surface area (Å²) >= 11 is 7.60. The molecule has 0 aliphatic carbocycles. The first kappa shape index (κ1) is 15.0. The minimum absolute atomic E-state index is 0.293. The second-order valence-electron chi connectivity index (χ2n) is 4.04. The summed E-state index contributed by atoms with van der Waals surface area (Å²) in [5.74, 6) is 0.199. The molecule has 0 aliphatic heterocycles. The largest absolute Gasteiger partial charge is 0.462 e. The van der Waals surface area contributed by atoms with E-state index in [0.717, 1.165) is 13.1 Å². The van der Waals surface area contributed by atoms with Crippen LogP contribution in [0.4, 0.5) is 5.95 Å². The molecule has 5 nitrogen and oxygen atoms in total. The fourth-order valence-corrected chi connectivity index (χ4v) is 3.12. The van der Waals surface area contributed by atoms with Crippen molar-refractivity contribution in [2.24, 2.45) is 0 Å². The third-order valence-electron chi connectivity index (χ3n) is 2.92. The van der Waals surface area contributed by atoms with Crippen molar-refractivity contribution in [1.29, 1.82) is 0 Å². The molecule has 20 heavy (non-hydrogen) atoms. The maximum atomic E-state index is 11.9. The summed E-state index contributed by atoms with van der Waals surface area (Å²) in [6.07, 6.45) is 0. The molecule has 0 spiro atoms. The zero-order valence-electron chi connectivity index (χ0n) is 11.6. The summed E-state index contributed by atoms with van der Waals surface area (Å²) in [7, 11) is 0. The Bertz CT molecular complexity index is 625. The highest BCUT2D eigenvalue weighted by molar-refractivity contribution is 7.17. The Labute approximate surface area is 126 Å². The van der Waals surface area contributed by atoms with Crippen LogP contribution in [0.15, 0.2) is 5.38 Å². The molecule has 0 radical (unpaired) electrons. The number of anilines is 1. The summed E-state index contributed by atoms with van der Waals surface area (Å²) in [4.78, 5) is 23.4. The van der Waals surface area contributed by atoms with Crippen LogP contribution in [-0.4, -0.2) is 35.6 Å². The van der Waals surface area contributed by atoms with Gasteiger partial charge in [0.15, 0.2) is 0 Å². The highest BCUT2D eigenvalue weighted by Gasteiger charge is 2.19. The zero-order valence-corrected chi connectivity index (χ0v) is 13.2. The first-order chi connectivity index (χ1) is 9.62. The molecule has 0 aromatic carbocycles. The molecule has 0 amide bonds. The van der Waals surface area contributed by atoms with Crippen LogP contribution in [0.2, 0.25) is 5.15 Å². The van der Waals surface area contributed by atoms with E-state index in [1.54, 1.807) is 12.3 Å². The van der Waals surface area contributed by atoms with Crippen molar-refractivity contribution in [2.45, 2.75) is 20.8 Å². The van der Waals surface area contributed by atoms with E-state index in [9.17, 15) is 4.79 Å². The summed E-state index contributed by atoms with van der Waals surface area (Å²) in [5.41, 5.74) is 0.433. The number of ether oxygens (including phenoxy) is 1. The van der Waals surface area contributed by atoms with E-state index in [0.29, 0.717) is 33.5 Å². The molecule has 0 atom stereocenters. The molecule has 7 heteroatoms. The van der Waals surface area contributed by atoms with Gasteiger partial charge >= 0.3 is 5.97 Å². The highest BCUT2D eigenvalue weighted by atomic mass is 35.5. The van der Waals surface area contributed by atoms with Gasteiger partial charge in [-0.05, 0) is 20.8 Å². The summed E-state index contributed by atoms with van der Waals surface area (Å²) < 4.78 is 5.01. The molecule has 0 saturated heterocycles. The minimum Gasteiger partial charge on any atom is -0.462 e. The Morgan fingerprint density at radius 2 is 2.05 bits per heavy atom. The number of carbonyl (C=O) groups is 1. The lowest BCUT2D eigenvalue weighted by molar-refractivity contribution is 0.0529. The zero-order chi connectivity index (χ0) is 14.7. The summed E-state index contributed by atoms with van der Waals surface area (Å²) in [6.45, 7) is 7.75. The number of carbonyl (C=O) groups excluding carboxylic acids is 1. The fourth-order valence-electron chi connectivity index (χ4n) is 1.90. The molecular weight excluding hydrogens is 298 g/mol. The fraction of sp³-hybridized carbons (Fsp3) is 0.462. The average molecular weight is 314 g/mol. The van der Waals surface area contributed by atoms with Crippen LogP contribution in [-0.2, 0) is 4.74 Å². The lowest BCUT2D eigenvalue weighted by Crippen LogP contribution is -2.24. The van der Waals surface area contributed by atoms with Crippen LogP contribution >= 0.6 is 22.9 Å². The van der Waals surface area contributed by atoms with Gasteiger partial charge in [-0.15, -0.1) is 11.3 Å². The Morgan fingerprint density at radius 3 is 2.65 bits per heavy atom. The predicted molar refractivity (Wildman–Crippen MR) is 81.9 cm³/mol. The number of esters is 1. The van der Waals surface area contributed by atoms with E-state index in [1.165, 1.54) is 11.3 Å². The molecule has 0 unspecified atom stereocenters. The SMILES string of the molecule is CCOC(=O)c1csc2nc(N(CC)CC)nc(Cl)c12. The van der Waals surface area contributed by atoms with Gasteiger partial charge in [-0.1, -0.05) is 11.6 Å². The standard InChI is InChI=1S/C13H16ClN3O2S/c1-4-17(5-2)13-15-10(14)9-8(12(18)19-6-3)7-20-11(9)16-13/h7H,4-6H2,1-3H3. The predicted octanol–water partition coefficient (Wildman–Crippen LogP) is 3.37. The summed E-state index contributed by atoms with van der Waals surface area (Å²) in [5, 5.41) is 2.59. The molecule has 0 aliphatic rings. The Morgan fingerprint density at radius 1 is 1.35 bits per heavy atom. The van der Waals surface area contributed by atoms with Crippen molar-refractivity contribution in [2.75, 3.05) is 24.6 Å². The van der Waals surface area contributed by atoms with E-state index >= 15 is 0 Å². The van der Waals surface area contributed by atoms with Crippen molar-refractivity contribution < 1.29 is 9.53 Å². The van der Waals surface area contributed by atoms with E-state index in [4.69, 9.17) is 16.3 Å². The first-order valence-electron chi connectivity index (χ1n) is 6.49. The molecule has 2 heterocycles. The van der Waals surface area contributed by atoms with Crippen LogP contribution < -0.4 is 4.90 Å². The maximum Gasteiger partial charge on any atom is 0.339 e. The van der Waals surface area contributed by atoms with E-state index < -0.39 is 0 Å². The first-order valence-corrected chi connectivity index (χ1v) is 7.74. The van der Waals surface area contributed by atoms with Crippen molar-refractivity contribution in [1.82, 2.24) is 9.97 Å². The quantitative estimate of drug-likeness (QED) is 0.625. The van der Waals surface area contributed by atoms with Crippen molar-refractivity contribution in [3.8, 4) is 0 Å². The van der Waals surface area contributed by atoms with Gasteiger partial charge in [-0.25, -0.2) is 14.8 Å². The van der Waals surface area contributed by atoms with Gasteiger partial charge < -0.3 is 9.64 Å². The van der Waals surface area contributed by atoms with Gasteiger partial charge in [-0.2, -0.15) is 0 Å². The number of hydrogen-bond acceptors (Lipinski definition) is 6. The third-order valence-corrected chi connectivity index (χ3v) is 4.06. The van der Waals surface area contributed by atoms with Crippen LogP contribution in [0.3, 0.4) is 0 Å². The lowest BCUT2D eigenvalue weighted by atomic mass is 10.2. The minimum atomic E-state index is -0.389. The average Bonchev–Trinajstić information content (AvgIpc) is 2.85. The Hall–Kier alpha value is -1.40. The second-order valence-corrected chi connectivity index (χ2v) is 5.25. The van der Waals surface area contributed by atoms with Crippen molar-refractivity contribution >= 4 is 45.1 Å². The van der Waals surface area contributed by atoms with E-state index in [2.05, 4.69) is 9.97 Å². The molecule has 108 valence electrons. The van der Waals surface area contributed by atoms with E-state index in [1.807, 2.05) is 18.7 Å². The molecule has 0 bridgehead atoms. The summed E-state index contributed by atoms with van der Waals surface area (Å²) in [6, 6.07) is 0. The monoisotopic (exact) mass is 313 g/mol. The van der Waals surface area contributed by atoms with Gasteiger partial charge in [0.25, 0.3) is 0 Å². The van der Waals surface area contributed by atoms with Crippen LogP contribution in [0.1, 0.15) is 31.1 Å². The normalized spacial score (nSPS) is 10.8. The smallest absolute Gasteiger partial charge is 0.339 e. The number of halogens is 1. The van der Waals surface area contributed by atoms with Crippen LogP contribution in [0.25, 0.3) is 10.2 Å². The van der Waals surface area contributed by atoms with Gasteiger partial charge in [0.2, 0.25) is 5.95 Å². The molecule has 0 saturated carbocycles. The number of aromatic nitrogens is 2. The van der Waals surface area contributed by atoms with Crippen LogP contribution in [0, 0.1) is 0 Å². The third kappa shape index (κ3) is 2.71. The maximum absolute atomic E-state index is 11.9. The van der Waals surface area contributed by atoms with Crippen molar-refractivity contribution in [3.05, 3.63) is 16.1 Å². The van der Waals surface area contributed by atoms with Gasteiger partial charge in [-0.3, -0.25) is 0 Å². The molecule has 2 rings (SSSR count). The molecule has 0 fully saturated rings. The highest BCUT2D eigenvalue weighted by Crippen LogP contribution is 2.32. The Balaban J connectivity index is 2.51. The second kappa shape index (κ2) is 6.37. The van der Waals surface area contributed by atoms with Gasteiger partial charge in [0.1, 0.15) is 9.98 Å². The number of hydrogen-bond donors (Lipinski definition) is 0. The Kier molecular flexibility index (Phi) is 4.77. The van der Waals surface area contributed by atoms with Crippen LogP contribution in [0.5, 0.6) is 0 Å². The number of rotatable bonds is 5. The lowest BCUT2D eigenvalue weighted by Gasteiger charge is -2.18.